The molecule has 0 radical (unpaired) electrons. The Labute approximate surface area is 207 Å². The molecule has 1 N–H and O–H groups in total. The predicted molar refractivity (Wildman–Crippen MR) is 131 cm³/mol. The number of carboxylic acid groups (broad SMARTS) is 1. The number of ether oxygens (including phenoxy) is 1. The smallest absolute Gasteiger partial charge is 0.370 e. The number of unbranched alkanes of at least 4 members (excludes halogenated alkanes) is 1. The lowest BCUT2D eigenvalue weighted by Crippen LogP contribution is -2.39. The Morgan fingerprint density at radius 1 is 1.33 bits per heavy atom. The minimum absolute atomic E-state index is 0.187. The number of anilines is 1. The first kappa shape index (κ1) is 24.3. The van der Waals surface area contributed by atoms with Gasteiger partial charge in [-0.1, -0.05) is 34.3 Å². The fraction of sp³-hybridized carbons (Fsp3) is 0.300. The third-order valence-electron chi connectivity index (χ3n) is 4.84. The second kappa shape index (κ2) is 9.80. The number of thioether (sulfide) groups is 1. The summed E-state index contributed by atoms with van der Waals surface area (Å²) in [4.78, 5) is 14.3. The van der Waals surface area contributed by atoms with Gasteiger partial charge in [0.25, 0.3) is 9.84 Å². The van der Waals surface area contributed by atoms with Crippen molar-refractivity contribution in [1.29, 1.82) is 0 Å². The summed E-state index contributed by atoms with van der Waals surface area (Å²) in [6.45, 7) is 0.220. The van der Waals surface area contributed by atoms with E-state index in [2.05, 4.69) is 0 Å². The number of benzene rings is 1. The van der Waals surface area contributed by atoms with Gasteiger partial charge >= 0.3 is 5.97 Å². The Bertz CT molecular complexity index is 1350. The molecule has 3 heterocycles. The number of rotatable bonds is 9. The predicted octanol–water partition coefficient (Wildman–Crippen LogP) is 4.23. The number of thiophene rings is 1. The van der Waals surface area contributed by atoms with E-state index >= 15 is 0 Å². The van der Waals surface area contributed by atoms with Crippen molar-refractivity contribution < 1.29 is 32.2 Å². The Morgan fingerprint density at radius 2 is 2.12 bits per heavy atom. The monoisotopic (exact) mass is 546 g/mol. The molecule has 2 aromatic heterocycles. The largest absolute Gasteiger partial charge is 0.748 e. The maximum atomic E-state index is 11.5. The summed E-state index contributed by atoms with van der Waals surface area (Å²) in [5, 5.41) is 10.7. The molecular weight excluding hydrogens is 528 g/mol. The standard InChI is InChI=1S/C20H19ClN2O6S4/c1-30-19-9-15-20(32-19)23(11-18(24)25)17(31-15)10-16-22(6-2-3-7-33(26,27)28)13-8-12(21)4-5-14(13)29-16/h4-5,8-10H,2-3,6-7,11H2,1H3,(H-,24,25,26,27,28). The van der Waals surface area contributed by atoms with Crippen molar-refractivity contribution in [2.75, 3.05) is 23.5 Å². The molecule has 0 saturated carbocycles. The van der Waals surface area contributed by atoms with Crippen LogP contribution in [-0.4, -0.2) is 42.6 Å². The highest BCUT2D eigenvalue weighted by Crippen LogP contribution is 2.42. The van der Waals surface area contributed by atoms with Crippen LogP contribution in [0.25, 0.3) is 15.6 Å². The molecule has 0 bridgehead atoms. The van der Waals surface area contributed by atoms with Gasteiger partial charge < -0.3 is 19.3 Å². The zero-order valence-electron chi connectivity index (χ0n) is 17.3. The number of fused-ring (bicyclic) bond motifs is 2. The summed E-state index contributed by atoms with van der Waals surface area (Å²) >= 11 is 10.8. The summed E-state index contributed by atoms with van der Waals surface area (Å²) in [5.74, 6) is -0.303. The molecule has 33 heavy (non-hydrogen) atoms. The summed E-state index contributed by atoms with van der Waals surface area (Å²) < 4.78 is 42.7. The number of nitrogens with zero attached hydrogens (tertiary/aromatic N) is 2. The van der Waals surface area contributed by atoms with Gasteiger partial charge in [-0.25, -0.2) is 13.2 Å². The van der Waals surface area contributed by atoms with Gasteiger partial charge in [-0.3, -0.25) is 0 Å². The molecule has 0 amide bonds. The number of aliphatic carboxylic acids is 1. The maximum Gasteiger partial charge on any atom is 0.370 e. The van der Waals surface area contributed by atoms with E-state index in [1.807, 2.05) is 17.2 Å². The normalized spacial score (nSPS) is 14.8. The van der Waals surface area contributed by atoms with Crippen LogP contribution in [0, 0.1) is 0 Å². The van der Waals surface area contributed by atoms with E-state index in [0.717, 1.165) is 19.4 Å². The molecule has 1 aliphatic heterocycles. The Balaban J connectivity index is 1.69. The van der Waals surface area contributed by atoms with E-state index in [1.54, 1.807) is 40.6 Å². The van der Waals surface area contributed by atoms with Crippen molar-refractivity contribution in [3.8, 4) is 5.75 Å². The van der Waals surface area contributed by atoms with Crippen LogP contribution in [-0.2, 0) is 21.5 Å². The third kappa shape index (κ3) is 5.64. The number of carbonyl (C=O) groups is 1. The Kier molecular flexibility index (Phi) is 7.22. The first-order chi connectivity index (χ1) is 15.6. The molecule has 8 nitrogen and oxygen atoms in total. The Morgan fingerprint density at radius 3 is 2.82 bits per heavy atom. The second-order valence-corrected chi connectivity index (χ2v) is 12.3. The van der Waals surface area contributed by atoms with Gasteiger partial charge in [0.1, 0.15) is 4.70 Å². The molecule has 4 rings (SSSR count). The minimum atomic E-state index is -4.27. The van der Waals surface area contributed by atoms with Crippen LogP contribution >= 0.6 is 46.0 Å². The van der Waals surface area contributed by atoms with E-state index in [9.17, 15) is 22.9 Å². The van der Waals surface area contributed by atoms with Crippen molar-refractivity contribution in [3.63, 3.8) is 0 Å². The van der Waals surface area contributed by atoms with E-state index in [0.29, 0.717) is 34.6 Å². The van der Waals surface area contributed by atoms with Crippen molar-refractivity contribution >= 4 is 83.4 Å². The number of thiazole rings is 1. The van der Waals surface area contributed by atoms with Crippen LogP contribution in [0.4, 0.5) is 5.69 Å². The van der Waals surface area contributed by atoms with Crippen LogP contribution in [0.5, 0.6) is 5.75 Å². The molecule has 1 aromatic carbocycles. The fourth-order valence-corrected chi connectivity index (χ4v) is 7.24. The van der Waals surface area contributed by atoms with Gasteiger partial charge in [-0.05, 0) is 43.4 Å². The van der Waals surface area contributed by atoms with Crippen LogP contribution < -0.4 is 14.2 Å². The minimum Gasteiger partial charge on any atom is -0.748 e. The molecule has 0 atom stereocenters. The summed E-state index contributed by atoms with van der Waals surface area (Å²) in [6.07, 6.45) is 4.43. The quantitative estimate of drug-likeness (QED) is 0.184. The highest BCUT2D eigenvalue weighted by molar-refractivity contribution is 8.00. The highest BCUT2D eigenvalue weighted by Gasteiger charge is 2.30. The van der Waals surface area contributed by atoms with Crippen LogP contribution in [0.1, 0.15) is 17.8 Å². The van der Waals surface area contributed by atoms with Gasteiger partial charge in [0.05, 0.1) is 26.1 Å². The van der Waals surface area contributed by atoms with Gasteiger partial charge in [-0.2, -0.15) is 4.57 Å². The summed E-state index contributed by atoms with van der Waals surface area (Å²) in [5.41, 5.74) is 0.728. The van der Waals surface area contributed by atoms with Crippen molar-refractivity contribution in [2.45, 2.75) is 23.6 Å². The molecular formula is C20H19ClN2O6S4. The zero-order chi connectivity index (χ0) is 23.8. The van der Waals surface area contributed by atoms with Gasteiger partial charge in [-0.15, -0.1) is 11.8 Å². The number of hydrogen-bond donors (Lipinski definition) is 1. The molecule has 176 valence electrons. The van der Waals surface area contributed by atoms with Gasteiger partial charge in [0, 0.05) is 17.3 Å². The van der Waals surface area contributed by atoms with Gasteiger partial charge in [0.15, 0.2) is 5.75 Å². The zero-order valence-corrected chi connectivity index (χ0v) is 21.3. The summed E-state index contributed by atoms with van der Waals surface area (Å²) in [7, 11) is -4.27. The molecule has 0 aliphatic carbocycles. The van der Waals surface area contributed by atoms with E-state index < -0.39 is 21.8 Å². The van der Waals surface area contributed by atoms with E-state index in [-0.39, 0.29) is 13.0 Å². The average Bonchev–Trinajstić information content (AvgIpc) is 3.37. The first-order valence-corrected chi connectivity index (χ1v) is 14.6. The number of hydrogen-bond acceptors (Lipinski definition) is 9. The molecule has 13 heteroatoms. The van der Waals surface area contributed by atoms with Crippen LogP contribution in [0.15, 0.2) is 34.4 Å². The average molecular weight is 547 g/mol. The second-order valence-electron chi connectivity index (χ2n) is 7.18. The van der Waals surface area contributed by atoms with Crippen molar-refractivity contribution in [3.05, 3.63) is 40.2 Å². The fourth-order valence-electron chi connectivity index (χ4n) is 3.43. The van der Waals surface area contributed by atoms with Crippen LogP contribution in [0.3, 0.4) is 0 Å². The third-order valence-corrected chi connectivity index (χ3v) is 9.30. The number of carboxylic acids is 1. The molecule has 0 spiro atoms. The molecule has 0 fully saturated rings. The lowest BCUT2D eigenvalue weighted by Gasteiger charge is -2.18. The Hall–Kier alpha value is -1.83. The van der Waals surface area contributed by atoms with E-state index in [1.165, 1.54) is 22.7 Å². The van der Waals surface area contributed by atoms with Crippen molar-refractivity contribution in [1.82, 2.24) is 0 Å². The number of aromatic nitrogens is 1. The molecule has 0 unspecified atom stereocenters. The molecule has 1 aliphatic rings. The lowest BCUT2D eigenvalue weighted by atomic mass is 10.2. The maximum absolute atomic E-state index is 11.5. The summed E-state index contributed by atoms with van der Waals surface area (Å²) in [6, 6.07) is 7.25. The van der Waals surface area contributed by atoms with Crippen molar-refractivity contribution in [2.24, 2.45) is 0 Å². The van der Waals surface area contributed by atoms with Crippen LogP contribution in [0.2, 0.25) is 5.02 Å². The molecule has 3 aromatic rings. The SMILES string of the molecule is CSc1cc2sc(C=C3Oc4ccc(Cl)cc4N3CCCCS(=O)(=O)[O-])[n+](CC(=O)O)c2s1. The van der Waals surface area contributed by atoms with E-state index in [4.69, 9.17) is 16.3 Å². The first-order valence-electron chi connectivity index (χ1n) is 9.77. The lowest BCUT2D eigenvalue weighted by molar-refractivity contribution is -0.655. The topological polar surface area (TPSA) is 111 Å². The highest BCUT2D eigenvalue weighted by atomic mass is 35.5. The number of halogens is 1. The van der Waals surface area contributed by atoms with Gasteiger partial charge in [0.2, 0.25) is 12.4 Å². The molecule has 0 saturated heterocycles.